The summed E-state index contributed by atoms with van der Waals surface area (Å²) in [4.78, 5) is 14.5. The number of piperidine rings is 2. The molecule has 1 aromatic carbocycles. The highest BCUT2D eigenvalue weighted by atomic mass is 16.2. The van der Waals surface area contributed by atoms with Crippen LogP contribution in [0, 0.1) is 11.8 Å². The van der Waals surface area contributed by atoms with Crippen molar-refractivity contribution in [2.24, 2.45) is 11.8 Å². The molecule has 0 aromatic heterocycles. The highest BCUT2D eigenvalue weighted by Gasteiger charge is 2.25. The van der Waals surface area contributed by atoms with Crippen LogP contribution in [0.1, 0.15) is 25.7 Å². The van der Waals surface area contributed by atoms with Gasteiger partial charge < -0.3 is 29.8 Å². The second kappa shape index (κ2) is 12.3. The molecule has 6 nitrogen and oxygen atoms in total. The molecule has 2 aliphatic rings. The predicted octanol–water partition coefficient (Wildman–Crippen LogP) is 1.93. The van der Waals surface area contributed by atoms with E-state index in [1.807, 2.05) is 29.8 Å². The van der Waals surface area contributed by atoms with Gasteiger partial charge in [0.1, 0.15) is 6.29 Å². The lowest BCUT2D eigenvalue weighted by atomic mass is 9.80. The van der Waals surface area contributed by atoms with Gasteiger partial charge in [0.15, 0.2) is 0 Å². The minimum absolute atomic E-state index is 0.137. The van der Waals surface area contributed by atoms with Crippen molar-refractivity contribution in [2.45, 2.75) is 39.3 Å². The van der Waals surface area contributed by atoms with Crippen molar-refractivity contribution in [3.63, 3.8) is 0 Å². The topological polar surface area (TPSA) is 76.0 Å². The van der Waals surface area contributed by atoms with E-state index < -0.39 is 7.05 Å². The monoisotopic (exact) mass is 387 g/mol. The molecular weight excluding hydrogens is 352 g/mol. The fraction of sp³-hybridized carbons (Fsp3) is 0.650. The van der Waals surface area contributed by atoms with Crippen molar-refractivity contribution < 1.29 is 14.8 Å². The summed E-state index contributed by atoms with van der Waals surface area (Å²) < 4.78 is 0. The standard InChI is InChI=1S/C13H21BN2O.C7H14BNO2/c1-14(17)16-9-5-6-12(11-16)10-15-13-7-3-2-4-8-13;1-8(11)9-4-2-3-7(5-9)6-10/h2-4,7-8,12,15,17H,5-6,9-11H2,1H3;6-7,11H,2-5H2,1H3. The third-order valence-electron chi connectivity index (χ3n) is 5.66. The van der Waals surface area contributed by atoms with Gasteiger partial charge in [0.05, 0.1) is 0 Å². The van der Waals surface area contributed by atoms with Crippen molar-refractivity contribution in [3.8, 4) is 0 Å². The first-order valence-corrected chi connectivity index (χ1v) is 10.6. The number of aldehydes is 1. The summed E-state index contributed by atoms with van der Waals surface area (Å²) in [6, 6.07) is 10.3. The SMILES string of the molecule is CB(O)N1CCCC(C=O)C1.CB(O)N1CCCC(CNc2ccccc2)C1. The maximum Gasteiger partial charge on any atom is 0.376 e. The Kier molecular flexibility index (Phi) is 10.1. The van der Waals surface area contributed by atoms with E-state index in [1.165, 1.54) is 18.5 Å². The molecule has 2 aliphatic heterocycles. The molecule has 0 radical (unpaired) electrons. The van der Waals surface area contributed by atoms with Crippen LogP contribution in [0.3, 0.4) is 0 Å². The van der Waals surface area contributed by atoms with Crippen molar-refractivity contribution in [2.75, 3.05) is 38.0 Å². The molecule has 0 saturated carbocycles. The van der Waals surface area contributed by atoms with E-state index in [1.54, 1.807) is 6.82 Å². The molecule has 2 saturated heterocycles. The van der Waals surface area contributed by atoms with E-state index in [0.717, 1.165) is 51.9 Å². The zero-order chi connectivity index (χ0) is 20.4. The Balaban J connectivity index is 0.000000221. The van der Waals surface area contributed by atoms with Crippen LogP contribution < -0.4 is 5.32 Å². The average molecular weight is 387 g/mol. The van der Waals surface area contributed by atoms with Crippen LogP contribution in [0.25, 0.3) is 0 Å². The molecule has 154 valence electrons. The minimum Gasteiger partial charge on any atom is -0.437 e. The minimum atomic E-state index is -0.405. The average Bonchev–Trinajstić information content (AvgIpc) is 2.73. The number of carbonyl (C=O) groups excluding carboxylic acids is 1. The number of nitrogens with one attached hydrogen (secondary N) is 1. The van der Waals surface area contributed by atoms with Crippen LogP contribution in [0.2, 0.25) is 13.6 Å². The number of carbonyl (C=O) groups is 1. The molecule has 2 fully saturated rings. The second-order valence-electron chi connectivity index (χ2n) is 8.05. The van der Waals surface area contributed by atoms with E-state index in [9.17, 15) is 14.8 Å². The molecule has 3 rings (SSSR count). The molecule has 0 spiro atoms. The highest BCUT2D eigenvalue weighted by molar-refractivity contribution is 6.45. The van der Waals surface area contributed by atoms with Gasteiger partial charge in [0, 0.05) is 18.2 Å². The lowest BCUT2D eigenvalue weighted by Crippen LogP contribution is -2.45. The summed E-state index contributed by atoms with van der Waals surface area (Å²) in [6.45, 7) is 8.26. The van der Waals surface area contributed by atoms with Crippen LogP contribution in [0.15, 0.2) is 30.3 Å². The van der Waals surface area contributed by atoms with E-state index >= 15 is 0 Å². The number of rotatable bonds is 6. The molecule has 2 heterocycles. The Bertz CT molecular complexity index is 563. The third-order valence-corrected chi connectivity index (χ3v) is 5.66. The van der Waals surface area contributed by atoms with Gasteiger partial charge in [0.2, 0.25) is 0 Å². The number of anilines is 1. The van der Waals surface area contributed by atoms with Crippen LogP contribution in [0.4, 0.5) is 5.69 Å². The third kappa shape index (κ3) is 7.95. The van der Waals surface area contributed by atoms with Gasteiger partial charge in [-0.05, 0) is 83.6 Å². The molecule has 8 heteroatoms. The Labute approximate surface area is 170 Å². The first-order valence-electron chi connectivity index (χ1n) is 10.6. The Morgan fingerprint density at radius 3 is 2.25 bits per heavy atom. The first kappa shape index (κ1) is 22.9. The van der Waals surface area contributed by atoms with E-state index in [0.29, 0.717) is 5.92 Å². The lowest BCUT2D eigenvalue weighted by Gasteiger charge is -2.33. The van der Waals surface area contributed by atoms with Crippen molar-refractivity contribution >= 4 is 26.1 Å². The van der Waals surface area contributed by atoms with E-state index in [4.69, 9.17) is 0 Å². The van der Waals surface area contributed by atoms with Gasteiger partial charge >= 0.3 is 14.1 Å². The molecular formula is C20H35B2N3O3. The summed E-state index contributed by atoms with van der Waals surface area (Å²) in [5, 5.41) is 22.3. The fourth-order valence-electron chi connectivity index (χ4n) is 3.91. The number of hydrogen-bond donors (Lipinski definition) is 3. The predicted molar refractivity (Wildman–Crippen MR) is 117 cm³/mol. The van der Waals surface area contributed by atoms with Gasteiger partial charge in [-0.1, -0.05) is 18.2 Å². The first-order chi connectivity index (χ1) is 13.5. The van der Waals surface area contributed by atoms with Crippen molar-refractivity contribution in [1.82, 2.24) is 9.62 Å². The van der Waals surface area contributed by atoms with Gasteiger partial charge in [-0.15, -0.1) is 0 Å². The van der Waals surface area contributed by atoms with Crippen LogP contribution >= 0.6 is 0 Å². The molecule has 3 N–H and O–H groups in total. The smallest absolute Gasteiger partial charge is 0.376 e. The normalized spacial score (nSPS) is 23.3. The molecule has 28 heavy (non-hydrogen) atoms. The highest BCUT2D eigenvalue weighted by Crippen LogP contribution is 2.18. The quantitative estimate of drug-likeness (QED) is 0.512. The van der Waals surface area contributed by atoms with Crippen molar-refractivity contribution in [1.29, 1.82) is 0 Å². The summed E-state index contributed by atoms with van der Waals surface area (Å²) in [5.41, 5.74) is 1.18. The van der Waals surface area contributed by atoms with Gasteiger partial charge in [-0.25, -0.2) is 0 Å². The van der Waals surface area contributed by atoms with Crippen LogP contribution in [0.5, 0.6) is 0 Å². The molecule has 1 aromatic rings. The van der Waals surface area contributed by atoms with E-state index in [-0.39, 0.29) is 13.0 Å². The lowest BCUT2D eigenvalue weighted by molar-refractivity contribution is -0.112. The van der Waals surface area contributed by atoms with Crippen LogP contribution in [-0.4, -0.2) is 72.8 Å². The fourth-order valence-corrected chi connectivity index (χ4v) is 3.91. The van der Waals surface area contributed by atoms with Gasteiger partial charge in [-0.3, -0.25) is 0 Å². The zero-order valence-corrected chi connectivity index (χ0v) is 17.3. The van der Waals surface area contributed by atoms with Crippen LogP contribution in [-0.2, 0) is 4.79 Å². The van der Waals surface area contributed by atoms with Gasteiger partial charge in [0.25, 0.3) is 0 Å². The molecule has 2 unspecified atom stereocenters. The Hall–Kier alpha value is -1.34. The summed E-state index contributed by atoms with van der Waals surface area (Å²) in [6.07, 6.45) is 5.44. The maximum absolute atomic E-state index is 10.4. The summed E-state index contributed by atoms with van der Waals surface area (Å²) in [5.74, 6) is 0.775. The summed E-state index contributed by atoms with van der Waals surface area (Å²) >= 11 is 0. The Morgan fingerprint density at radius 1 is 1.04 bits per heavy atom. The number of para-hydroxylation sites is 1. The summed E-state index contributed by atoms with van der Waals surface area (Å²) in [7, 11) is -0.715. The largest absolute Gasteiger partial charge is 0.437 e. The van der Waals surface area contributed by atoms with Gasteiger partial charge in [-0.2, -0.15) is 0 Å². The number of hydrogen-bond acceptors (Lipinski definition) is 6. The molecule has 0 amide bonds. The number of benzene rings is 1. The second-order valence-corrected chi connectivity index (χ2v) is 8.05. The van der Waals surface area contributed by atoms with E-state index in [2.05, 4.69) is 22.3 Å². The molecule has 0 aliphatic carbocycles. The molecule has 0 bridgehead atoms. The van der Waals surface area contributed by atoms with Crippen molar-refractivity contribution in [3.05, 3.63) is 30.3 Å². The maximum atomic E-state index is 10.4. The molecule has 2 atom stereocenters. The zero-order valence-electron chi connectivity index (χ0n) is 17.3. The Morgan fingerprint density at radius 2 is 1.64 bits per heavy atom. The number of nitrogens with zero attached hydrogens (tertiary/aromatic N) is 2.